The predicted molar refractivity (Wildman–Crippen MR) is 131 cm³/mol. The average molecular weight is 481 g/mol. The van der Waals surface area contributed by atoms with Crippen molar-refractivity contribution in [3.63, 3.8) is 0 Å². The number of carbonyl (C=O) groups excluding carboxylic acids is 1. The fraction of sp³-hybridized carbons (Fsp3) is 0.462. The zero-order chi connectivity index (χ0) is 24.1. The molecule has 1 saturated heterocycles. The Morgan fingerprint density at radius 3 is 2.76 bits per heavy atom. The molecule has 1 aromatic carbocycles. The number of nitrogens with one attached hydrogen (secondary N) is 1. The number of imidazole rings is 1. The van der Waals surface area contributed by atoms with E-state index in [1.807, 2.05) is 35.0 Å². The first-order chi connectivity index (χ1) is 16.0. The van der Waals surface area contributed by atoms with Gasteiger partial charge in [0.2, 0.25) is 10.0 Å². The highest BCUT2D eigenvalue weighted by molar-refractivity contribution is 7.89. The summed E-state index contributed by atoms with van der Waals surface area (Å²) in [6, 6.07) is 12.2. The second-order valence-corrected chi connectivity index (χ2v) is 12.9. The molecule has 2 fully saturated rings. The van der Waals surface area contributed by atoms with E-state index < -0.39 is 10.0 Å². The second-order valence-electron chi connectivity index (χ2n) is 11.0. The molecule has 5 rings (SSSR count). The van der Waals surface area contributed by atoms with E-state index in [-0.39, 0.29) is 27.7 Å². The highest BCUT2D eigenvalue weighted by Gasteiger charge is 2.53. The Balaban J connectivity index is 1.27. The summed E-state index contributed by atoms with van der Waals surface area (Å²) >= 11 is 0. The van der Waals surface area contributed by atoms with E-state index in [1.54, 1.807) is 22.5 Å². The quantitative estimate of drug-likeness (QED) is 0.580. The molecule has 1 N–H and O–H groups in total. The van der Waals surface area contributed by atoms with Crippen molar-refractivity contribution in [2.24, 2.45) is 10.8 Å². The lowest BCUT2D eigenvalue weighted by atomic mass is 9.65. The molecule has 34 heavy (non-hydrogen) atoms. The van der Waals surface area contributed by atoms with Gasteiger partial charge in [-0.25, -0.2) is 13.4 Å². The van der Waals surface area contributed by atoms with Crippen LogP contribution in [-0.4, -0.2) is 47.1 Å². The maximum atomic E-state index is 13.6. The van der Waals surface area contributed by atoms with Crippen LogP contribution in [-0.2, 0) is 16.4 Å². The van der Waals surface area contributed by atoms with E-state index in [4.69, 9.17) is 0 Å². The van der Waals surface area contributed by atoms with Crippen LogP contribution >= 0.6 is 0 Å². The number of hydrogen-bond acceptors (Lipinski definition) is 4. The van der Waals surface area contributed by atoms with Gasteiger partial charge in [-0.3, -0.25) is 4.79 Å². The zero-order valence-electron chi connectivity index (χ0n) is 20.0. The lowest BCUT2D eigenvalue weighted by molar-refractivity contribution is 0.0954. The largest absolute Gasteiger partial charge is 0.352 e. The number of rotatable bonds is 6. The minimum absolute atomic E-state index is 0.00634. The van der Waals surface area contributed by atoms with Gasteiger partial charge in [-0.05, 0) is 60.4 Å². The van der Waals surface area contributed by atoms with Crippen LogP contribution < -0.4 is 5.32 Å². The molecule has 2 aromatic heterocycles. The highest BCUT2D eigenvalue weighted by Crippen LogP contribution is 2.53. The Kier molecular flexibility index (Phi) is 5.56. The molecule has 1 aliphatic heterocycles. The Morgan fingerprint density at radius 1 is 1.15 bits per heavy atom. The van der Waals surface area contributed by atoms with E-state index in [9.17, 15) is 13.2 Å². The van der Waals surface area contributed by atoms with Gasteiger partial charge in [-0.15, -0.1) is 0 Å². The SMILES string of the molecule is CC1(C)CC2CC(C)(CN2S(=O)(=O)c2cccc(C(=O)NCCc3cn4ccccc4n3)c2)C1. The standard InChI is InChI=1S/C26H32N4O3S/c1-25(2)14-21-15-26(3,17-25)18-30(21)34(32,33)22-8-6-7-19(13-22)24(31)27-11-10-20-16-29-12-5-4-9-23(29)28-20/h4-9,12-13,16,21H,10-11,14-15,17-18H2,1-3H3,(H,27,31). The zero-order valence-corrected chi connectivity index (χ0v) is 20.8. The molecule has 0 spiro atoms. The molecule has 3 aromatic rings. The number of pyridine rings is 1. The summed E-state index contributed by atoms with van der Waals surface area (Å²) in [6.45, 7) is 7.61. The number of nitrogens with zero attached hydrogens (tertiary/aromatic N) is 3. The molecule has 2 unspecified atom stereocenters. The number of amides is 1. The van der Waals surface area contributed by atoms with Crippen LogP contribution in [0.3, 0.4) is 0 Å². The van der Waals surface area contributed by atoms with Gasteiger partial charge in [0.05, 0.1) is 10.6 Å². The lowest BCUT2D eigenvalue weighted by Gasteiger charge is -2.39. The molecule has 1 saturated carbocycles. The van der Waals surface area contributed by atoms with Gasteiger partial charge >= 0.3 is 0 Å². The van der Waals surface area contributed by atoms with Crippen molar-refractivity contribution in [2.45, 2.75) is 57.4 Å². The maximum Gasteiger partial charge on any atom is 0.251 e. The minimum Gasteiger partial charge on any atom is -0.352 e. The molecular formula is C26H32N4O3S. The molecule has 180 valence electrons. The van der Waals surface area contributed by atoms with E-state index in [1.165, 1.54) is 6.07 Å². The first kappa shape index (κ1) is 23.1. The van der Waals surface area contributed by atoms with Crippen molar-refractivity contribution in [1.82, 2.24) is 19.0 Å². The molecule has 3 heterocycles. The van der Waals surface area contributed by atoms with Gasteiger partial charge < -0.3 is 9.72 Å². The number of carbonyl (C=O) groups is 1. The first-order valence-electron chi connectivity index (χ1n) is 11.9. The van der Waals surface area contributed by atoms with Crippen LogP contribution in [0.5, 0.6) is 0 Å². The number of fused-ring (bicyclic) bond motifs is 3. The second kappa shape index (κ2) is 8.20. The number of aromatic nitrogens is 2. The number of sulfonamides is 1. The summed E-state index contributed by atoms with van der Waals surface area (Å²) in [5.74, 6) is -0.283. The fourth-order valence-corrected chi connectivity index (χ4v) is 7.96. The molecule has 1 amide bonds. The summed E-state index contributed by atoms with van der Waals surface area (Å²) in [7, 11) is -3.67. The summed E-state index contributed by atoms with van der Waals surface area (Å²) in [4.78, 5) is 17.5. The van der Waals surface area contributed by atoms with Crippen LogP contribution in [0, 0.1) is 10.8 Å². The van der Waals surface area contributed by atoms with Crippen LogP contribution in [0.25, 0.3) is 5.65 Å². The van der Waals surface area contributed by atoms with Crippen molar-refractivity contribution in [2.75, 3.05) is 13.1 Å². The van der Waals surface area contributed by atoms with Crippen molar-refractivity contribution in [1.29, 1.82) is 0 Å². The predicted octanol–water partition coefficient (Wildman–Crippen LogP) is 3.90. The number of benzene rings is 1. The van der Waals surface area contributed by atoms with E-state index in [0.29, 0.717) is 25.1 Å². The van der Waals surface area contributed by atoms with Crippen LogP contribution in [0.4, 0.5) is 0 Å². The minimum atomic E-state index is -3.67. The topological polar surface area (TPSA) is 83.8 Å². The Labute approximate surface area is 201 Å². The van der Waals surface area contributed by atoms with Gasteiger partial charge in [0.1, 0.15) is 5.65 Å². The smallest absolute Gasteiger partial charge is 0.251 e. The fourth-order valence-electron chi connectivity index (χ4n) is 6.14. The Bertz CT molecular complexity index is 1310. The molecule has 8 heteroatoms. The summed E-state index contributed by atoms with van der Waals surface area (Å²) in [6.07, 6.45) is 7.27. The Morgan fingerprint density at radius 2 is 1.97 bits per heavy atom. The lowest BCUT2D eigenvalue weighted by Crippen LogP contribution is -2.37. The van der Waals surface area contributed by atoms with Gasteiger partial charge in [-0.1, -0.05) is 32.9 Å². The van der Waals surface area contributed by atoms with Crippen molar-refractivity contribution >= 4 is 21.6 Å². The molecule has 7 nitrogen and oxygen atoms in total. The molecule has 1 aliphatic carbocycles. The van der Waals surface area contributed by atoms with Crippen molar-refractivity contribution in [3.8, 4) is 0 Å². The van der Waals surface area contributed by atoms with Crippen molar-refractivity contribution < 1.29 is 13.2 Å². The van der Waals surface area contributed by atoms with Crippen LogP contribution in [0.15, 0.2) is 59.8 Å². The summed E-state index contributed by atoms with van der Waals surface area (Å²) in [5, 5.41) is 2.90. The monoisotopic (exact) mass is 480 g/mol. The number of hydrogen-bond donors (Lipinski definition) is 1. The van der Waals surface area contributed by atoms with Gasteiger partial charge in [-0.2, -0.15) is 4.31 Å². The van der Waals surface area contributed by atoms with E-state index >= 15 is 0 Å². The third-order valence-corrected chi connectivity index (χ3v) is 9.04. The van der Waals surface area contributed by atoms with Gasteiger partial charge in [0.25, 0.3) is 5.91 Å². The molecule has 2 bridgehead atoms. The Hall–Kier alpha value is -2.71. The third kappa shape index (κ3) is 4.36. The van der Waals surface area contributed by atoms with Crippen LogP contribution in [0.1, 0.15) is 56.1 Å². The molecular weight excluding hydrogens is 448 g/mol. The van der Waals surface area contributed by atoms with Gasteiger partial charge in [0.15, 0.2) is 0 Å². The van der Waals surface area contributed by atoms with E-state index in [2.05, 4.69) is 31.1 Å². The average Bonchev–Trinajstić information content (AvgIpc) is 3.30. The highest BCUT2D eigenvalue weighted by atomic mass is 32.2. The van der Waals surface area contributed by atoms with Crippen molar-refractivity contribution in [3.05, 3.63) is 66.1 Å². The van der Waals surface area contributed by atoms with Crippen LogP contribution in [0.2, 0.25) is 0 Å². The summed E-state index contributed by atoms with van der Waals surface area (Å²) < 4.78 is 30.8. The molecule has 2 atom stereocenters. The molecule has 2 aliphatic rings. The van der Waals surface area contributed by atoms with E-state index in [0.717, 1.165) is 30.6 Å². The third-order valence-electron chi connectivity index (χ3n) is 7.15. The first-order valence-corrected chi connectivity index (χ1v) is 13.3. The normalized spacial score (nSPS) is 24.4. The molecule has 0 radical (unpaired) electrons. The van der Waals surface area contributed by atoms with Gasteiger partial charge in [0, 0.05) is 43.5 Å². The summed E-state index contributed by atoms with van der Waals surface area (Å²) in [5.41, 5.74) is 2.24. The maximum absolute atomic E-state index is 13.6.